The molecule has 4 aromatic rings. The molecule has 4 N–H and O–H groups in total. The maximum absolute atomic E-state index is 12.4. The third kappa shape index (κ3) is 7.87. The number of aliphatic hydroxyl groups is 1. The number of hydrogen-bond acceptors (Lipinski definition) is 6. The van der Waals surface area contributed by atoms with Crippen molar-refractivity contribution in [3.63, 3.8) is 0 Å². The zero-order valence-electron chi connectivity index (χ0n) is 21.3. The predicted molar refractivity (Wildman–Crippen MR) is 141 cm³/mol. The lowest BCUT2D eigenvalue weighted by atomic mass is 10.0. The minimum absolute atomic E-state index is 0.0386. The van der Waals surface area contributed by atoms with Gasteiger partial charge in [0.2, 0.25) is 5.91 Å². The third-order valence-corrected chi connectivity index (χ3v) is 6.41. The van der Waals surface area contributed by atoms with Crippen molar-refractivity contribution in [2.75, 3.05) is 5.32 Å². The molecule has 0 aliphatic carbocycles. The Morgan fingerprint density at radius 1 is 1.07 bits per heavy atom. The molecule has 1 amide bonds. The summed E-state index contributed by atoms with van der Waals surface area (Å²) in [4.78, 5) is 25.4. The lowest BCUT2D eigenvalue weighted by Gasteiger charge is -2.20. The molecular formula is C28H28F3N5O4. The van der Waals surface area contributed by atoms with Gasteiger partial charge in [-0.2, -0.15) is 18.3 Å². The van der Waals surface area contributed by atoms with Gasteiger partial charge in [0.05, 0.1) is 11.6 Å². The monoisotopic (exact) mass is 555 g/mol. The number of pyridine rings is 1. The molecule has 0 spiro atoms. The van der Waals surface area contributed by atoms with Crippen molar-refractivity contribution in [2.24, 2.45) is 0 Å². The summed E-state index contributed by atoms with van der Waals surface area (Å²) in [5.41, 5.74) is 3.69. The molecule has 210 valence electrons. The Kier molecular flexibility index (Phi) is 9.12. The van der Waals surface area contributed by atoms with Crippen LogP contribution in [0.5, 0.6) is 0 Å². The highest BCUT2D eigenvalue weighted by Gasteiger charge is 2.38. The van der Waals surface area contributed by atoms with Crippen molar-refractivity contribution in [1.82, 2.24) is 20.1 Å². The van der Waals surface area contributed by atoms with Crippen LogP contribution in [-0.2, 0) is 22.6 Å². The normalized spacial score (nSPS) is 17.6. The van der Waals surface area contributed by atoms with Crippen LogP contribution in [0.4, 0.5) is 18.9 Å². The van der Waals surface area contributed by atoms with Gasteiger partial charge in [-0.3, -0.25) is 14.5 Å². The number of aliphatic hydroxyl groups excluding tert-OH is 1. The van der Waals surface area contributed by atoms with Crippen molar-refractivity contribution in [2.45, 2.75) is 50.2 Å². The third-order valence-electron chi connectivity index (χ3n) is 6.41. The zero-order valence-corrected chi connectivity index (χ0v) is 21.3. The molecule has 2 aromatic carbocycles. The standard InChI is InChI=1S/C26H27N5O2.C2HF3O2/c32-25(17-31-16-20-4-1-2-6-23(20)30-31)29-21-9-7-18(8-10-21)14-22-11-12-24(28-22)26(33)19-5-3-13-27-15-19;3-2(4,5)1(6)7/h1-10,13,15-16,22,24,26,28,33H,11-12,14,17H2,(H,29,32);(H,6,7)/t22-,24-,26-;/m1./s1. The van der Waals surface area contributed by atoms with Gasteiger partial charge in [-0.05, 0) is 49.1 Å². The Labute approximate surface area is 227 Å². The molecule has 3 heterocycles. The minimum atomic E-state index is -5.08. The van der Waals surface area contributed by atoms with Gasteiger partial charge in [-0.15, -0.1) is 0 Å². The first-order valence-corrected chi connectivity index (χ1v) is 12.5. The number of aromatic nitrogens is 3. The lowest BCUT2D eigenvalue weighted by Crippen LogP contribution is -2.35. The summed E-state index contributed by atoms with van der Waals surface area (Å²) >= 11 is 0. The van der Waals surface area contributed by atoms with Gasteiger partial charge in [0.15, 0.2) is 0 Å². The van der Waals surface area contributed by atoms with E-state index in [0.29, 0.717) is 6.04 Å². The quantitative estimate of drug-likeness (QED) is 0.270. The number of carbonyl (C=O) groups is 2. The maximum atomic E-state index is 12.4. The first-order valence-electron chi connectivity index (χ1n) is 12.5. The zero-order chi connectivity index (χ0) is 28.7. The molecule has 12 heteroatoms. The molecule has 1 fully saturated rings. The van der Waals surface area contributed by atoms with E-state index < -0.39 is 18.2 Å². The van der Waals surface area contributed by atoms with Crippen molar-refractivity contribution in [3.05, 3.63) is 90.4 Å². The van der Waals surface area contributed by atoms with E-state index in [0.717, 1.165) is 41.4 Å². The molecular weight excluding hydrogens is 527 g/mol. The largest absolute Gasteiger partial charge is 0.490 e. The SMILES string of the molecule is O=C(Cn1cc2ccccc2n1)Nc1ccc(C[C@H]2CC[C@H]([C@H](O)c3cccnc3)N2)cc1.O=C(O)C(F)(F)F. The number of aliphatic carboxylic acids is 1. The summed E-state index contributed by atoms with van der Waals surface area (Å²) in [7, 11) is 0. The summed E-state index contributed by atoms with van der Waals surface area (Å²) in [5.74, 6) is -2.87. The minimum Gasteiger partial charge on any atom is -0.475 e. The van der Waals surface area contributed by atoms with E-state index in [-0.39, 0.29) is 18.5 Å². The Morgan fingerprint density at radius 2 is 1.80 bits per heavy atom. The molecule has 3 atom stereocenters. The van der Waals surface area contributed by atoms with E-state index >= 15 is 0 Å². The topological polar surface area (TPSA) is 129 Å². The van der Waals surface area contributed by atoms with Crippen LogP contribution >= 0.6 is 0 Å². The fraction of sp³-hybridized carbons (Fsp3) is 0.286. The van der Waals surface area contributed by atoms with Gasteiger partial charge < -0.3 is 20.8 Å². The van der Waals surface area contributed by atoms with E-state index in [1.807, 2.05) is 66.9 Å². The molecule has 5 rings (SSSR count). The number of carboxylic acids is 1. The number of nitrogens with zero attached hydrogens (tertiary/aromatic N) is 3. The molecule has 1 saturated heterocycles. The number of fused-ring (bicyclic) bond motifs is 1. The number of carbonyl (C=O) groups excluding carboxylic acids is 1. The summed E-state index contributed by atoms with van der Waals surface area (Å²) in [6, 6.07) is 19.9. The van der Waals surface area contributed by atoms with Gasteiger partial charge >= 0.3 is 12.1 Å². The Morgan fingerprint density at radius 3 is 2.45 bits per heavy atom. The molecule has 0 radical (unpaired) electrons. The number of halogens is 3. The van der Waals surface area contributed by atoms with Gasteiger partial charge in [-0.25, -0.2) is 4.79 Å². The molecule has 40 heavy (non-hydrogen) atoms. The molecule has 0 bridgehead atoms. The first kappa shape index (κ1) is 28.7. The van der Waals surface area contributed by atoms with Crippen LogP contribution in [0.1, 0.15) is 30.1 Å². The fourth-order valence-electron chi connectivity index (χ4n) is 4.50. The van der Waals surface area contributed by atoms with Crippen LogP contribution < -0.4 is 10.6 Å². The number of rotatable bonds is 7. The van der Waals surface area contributed by atoms with Crippen molar-refractivity contribution in [1.29, 1.82) is 0 Å². The summed E-state index contributed by atoms with van der Waals surface area (Å²) in [6.45, 7) is 0.170. The van der Waals surface area contributed by atoms with E-state index in [2.05, 4.69) is 20.7 Å². The van der Waals surface area contributed by atoms with Crippen LogP contribution in [0.3, 0.4) is 0 Å². The number of amides is 1. The van der Waals surface area contributed by atoms with Crippen LogP contribution in [0, 0.1) is 0 Å². The van der Waals surface area contributed by atoms with Crippen LogP contribution in [0.15, 0.2) is 79.3 Å². The second kappa shape index (κ2) is 12.7. The van der Waals surface area contributed by atoms with Gasteiger partial charge in [0, 0.05) is 47.3 Å². The average Bonchev–Trinajstić information content (AvgIpc) is 3.56. The van der Waals surface area contributed by atoms with Crippen molar-refractivity contribution < 1.29 is 33.0 Å². The number of alkyl halides is 3. The van der Waals surface area contributed by atoms with E-state index in [4.69, 9.17) is 9.90 Å². The number of carboxylic acid groups (broad SMARTS) is 1. The molecule has 9 nitrogen and oxygen atoms in total. The number of nitrogens with one attached hydrogen (secondary N) is 2. The number of anilines is 1. The fourth-order valence-corrected chi connectivity index (χ4v) is 4.50. The number of hydrogen-bond donors (Lipinski definition) is 4. The van der Waals surface area contributed by atoms with E-state index in [9.17, 15) is 23.1 Å². The summed E-state index contributed by atoms with van der Waals surface area (Å²) in [6.07, 6.45) is 2.51. The molecule has 1 aliphatic rings. The van der Waals surface area contributed by atoms with Gasteiger partial charge in [0.25, 0.3) is 0 Å². The van der Waals surface area contributed by atoms with E-state index in [1.54, 1.807) is 17.1 Å². The van der Waals surface area contributed by atoms with Crippen LogP contribution in [0.25, 0.3) is 10.9 Å². The van der Waals surface area contributed by atoms with Crippen LogP contribution in [-0.4, -0.2) is 55.1 Å². The van der Waals surface area contributed by atoms with Gasteiger partial charge in [0.1, 0.15) is 6.54 Å². The highest BCUT2D eigenvalue weighted by atomic mass is 19.4. The summed E-state index contributed by atoms with van der Waals surface area (Å²) < 4.78 is 33.4. The van der Waals surface area contributed by atoms with Gasteiger partial charge in [-0.1, -0.05) is 36.4 Å². The van der Waals surface area contributed by atoms with Crippen molar-refractivity contribution >= 4 is 28.5 Å². The first-order chi connectivity index (χ1) is 19.1. The lowest BCUT2D eigenvalue weighted by molar-refractivity contribution is -0.192. The molecule has 0 unspecified atom stereocenters. The molecule has 0 saturated carbocycles. The highest BCUT2D eigenvalue weighted by Crippen LogP contribution is 2.26. The van der Waals surface area contributed by atoms with Crippen molar-refractivity contribution in [3.8, 4) is 0 Å². The molecule has 2 aromatic heterocycles. The predicted octanol–water partition coefficient (Wildman–Crippen LogP) is 4.10. The Balaban J connectivity index is 0.000000470. The highest BCUT2D eigenvalue weighted by molar-refractivity contribution is 5.90. The maximum Gasteiger partial charge on any atom is 0.490 e. The second-order valence-corrected chi connectivity index (χ2v) is 9.42. The smallest absolute Gasteiger partial charge is 0.475 e. The van der Waals surface area contributed by atoms with Crippen LogP contribution in [0.2, 0.25) is 0 Å². The Hall–Kier alpha value is -4.29. The second-order valence-electron chi connectivity index (χ2n) is 9.42. The summed E-state index contributed by atoms with van der Waals surface area (Å²) in [5, 5.41) is 29.7. The van der Waals surface area contributed by atoms with E-state index in [1.165, 1.54) is 5.56 Å². The average molecular weight is 556 g/mol. The Bertz CT molecular complexity index is 1390. The molecule has 1 aliphatic heterocycles. The number of benzene rings is 2.